The zero-order chi connectivity index (χ0) is 22.8. The highest BCUT2D eigenvalue weighted by Gasteiger charge is 2.24. The van der Waals surface area contributed by atoms with Gasteiger partial charge in [-0.05, 0) is 69.5 Å². The van der Waals surface area contributed by atoms with Gasteiger partial charge in [-0.1, -0.05) is 6.07 Å². The van der Waals surface area contributed by atoms with Crippen LogP contribution in [-0.4, -0.2) is 51.8 Å². The van der Waals surface area contributed by atoms with Gasteiger partial charge in [-0.2, -0.15) is 0 Å². The molecule has 1 fully saturated rings. The lowest BCUT2D eigenvalue weighted by Gasteiger charge is -2.33. The average molecular weight is 438 g/mol. The Morgan fingerprint density at radius 3 is 2.56 bits per heavy atom. The van der Waals surface area contributed by atoms with Crippen molar-refractivity contribution in [3.63, 3.8) is 0 Å². The first kappa shape index (κ1) is 22.1. The number of fused-ring (bicyclic) bond motifs is 1. The van der Waals surface area contributed by atoms with E-state index in [4.69, 9.17) is 9.47 Å². The summed E-state index contributed by atoms with van der Waals surface area (Å²) in [5.74, 6) is 1.56. The molecule has 1 saturated heterocycles. The van der Waals surface area contributed by atoms with Crippen molar-refractivity contribution < 1.29 is 19.4 Å². The van der Waals surface area contributed by atoms with Gasteiger partial charge in [0.2, 0.25) is 0 Å². The summed E-state index contributed by atoms with van der Waals surface area (Å²) in [6.07, 6.45) is 2.14. The summed E-state index contributed by atoms with van der Waals surface area (Å²) in [6, 6.07) is 11.7. The van der Waals surface area contributed by atoms with E-state index in [1.54, 1.807) is 19.2 Å². The molecule has 170 valence electrons. The Kier molecular flexibility index (Phi) is 6.37. The van der Waals surface area contributed by atoms with E-state index < -0.39 is 5.97 Å². The number of carboxylic acids is 1. The highest BCUT2D eigenvalue weighted by Crippen LogP contribution is 2.32. The zero-order valence-electron chi connectivity index (χ0n) is 19.2. The van der Waals surface area contributed by atoms with E-state index in [-0.39, 0.29) is 11.7 Å². The van der Waals surface area contributed by atoms with Crippen molar-refractivity contribution in [1.29, 1.82) is 0 Å². The minimum absolute atomic E-state index is 0.0923. The first-order valence-electron chi connectivity index (χ1n) is 11.1. The molecule has 7 heteroatoms. The van der Waals surface area contributed by atoms with Crippen molar-refractivity contribution in [3.8, 4) is 11.5 Å². The topological polar surface area (TPSA) is 76.8 Å². The van der Waals surface area contributed by atoms with E-state index in [0.717, 1.165) is 60.8 Å². The molecule has 4 rings (SSSR count). The van der Waals surface area contributed by atoms with Crippen LogP contribution in [0.15, 0.2) is 36.4 Å². The standard InChI is InChI=1S/C25H31N3O4/c1-16(2)32-24-13-18(5-8-23(24)31-4)15-27-11-9-20(10-12-27)28-17(3)26-21-14-19(25(29)30)6-7-22(21)28/h5-8,13-14,16,20H,9-12,15H2,1-4H3,(H,29,30). The minimum atomic E-state index is -0.923. The molecule has 0 amide bonds. The Hall–Kier alpha value is -3.06. The molecule has 1 N–H and O–H groups in total. The summed E-state index contributed by atoms with van der Waals surface area (Å²) >= 11 is 0. The molecule has 0 spiro atoms. The molecule has 0 saturated carbocycles. The molecule has 0 bridgehead atoms. The van der Waals surface area contributed by atoms with Gasteiger partial charge in [0.15, 0.2) is 11.5 Å². The second-order valence-corrected chi connectivity index (χ2v) is 8.70. The number of imidazole rings is 1. The summed E-state index contributed by atoms with van der Waals surface area (Å²) in [6.45, 7) is 8.88. The fourth-order valence-corrected chi connectivity index (χ4v) is 4.57. The van der Waals surface area contributed by atoms with Crippen LogP contribution < -0.4 is 9.47 Å². The van der Waals surface area contributed by atoms with E-state index in [1.807, 2.05) is 32.9 Å². The summed E-state index contributed by atoms with van der Waals surface area (Å²) in [4.78, 5) is 18.4. The first-order valence-corrected chi connectivity index (χ1v) is 11.1. The van der Waals surface area contributed by atoms with Gasteiger partial charge in [0.1, 0.15) is 5.82 Å². The summed E-state index contributed by atoms with van der Waals surface area (Å²) < 4.78 is 13.6. The molecular formula is C25H31N3O4. The fraction of sp³-hybridized carbons (Fsp3) is 0.440. The predicted octanol–water partition coefficient (Wildman–Crippen LogP) is 4.68. The first-order chi connectivity index (χ1) is 15.4. The SMILES string of the molecule is COc1ccc(CN2CCC(n3c(C)nc4cc(C(=O)O)ccc43)CC2)cc1OC(C)C. The van der Waals surface area contributed by atoms with Gasteiger partial charge in [-0.25, -0.2) is 9.78 Å². The lowest BCUT2D eigenvalue weighted by Crippen LogP contribution is -2.34. The highest BCUT2D eigenvalue weighted by atomic mass is 16.5. The summed E-state index contributed by atoms with van der Waals surface area (Å²) in [5, 5.41) is 9.25. The number of carbonyl (C=O) groups is 1. The van der Waals surface area contributed by atoms with E-state index in [9.17, 15) is 9.90 Å². The average Bonchev–Trinajstić information content (AvgIpc) is 3.09. The molecule has 0 aliphatic carbocycles. The number of likely N-dealkylation sites (tertiary alicyclic amines) is 1. The molecule has 0 radical (unpaired) electrons. The maximum Gasteiger partial charge on any atom is 0.335 e. The number of benzene rings is 2. The van der Waals surface area contributed by atoms with Crippen molar-refractivity contribution in [1.82, 2.24) is 14.5 Å². The molecule has 0 unspecified atom stereocenters. The van der Waals surface area contributed by atoms with Gasteiger partial charge in [0.25, 0.3) is 0 Å². The number of aromatic carboxylic acids is 1. The minimum Gasteiger partial charge on any atom is -0.493 e. The van der Waals surface area contributed by atoms with Crippen LogP contribution in [0.3, 0.4) is 0 Å². The van der Waals surface area contributed by atoms with Gasteiger partial charge < -0.3 is 19.1 Å². The van der Waals surface area contributed by atoms with Gasteiger partial charge in [-0.15, -0.1) is 0 Å². The second-order valence-electron chi connectivity index (χ2n) is 8.70. The Balaban J connectivity index is 1.45. The number of methoxy groups -OCH3 is 1. The normalized spacial score (nSPS) is 15.4. The monoisotopic (exact) mass is 437 g/mol. The number of aryl methyl sites for hydroxylation is 1. The van der Waals surface area contributed by atoms with Crippen LogP contribution in [-0.2, 0) is 6.54 Å². The second kappa shape index (κ2) is 9.20. The van der Waals surface area contributed by atoms with Crippen LogP contribution in [0.2, 0.25) is 0 Å². The number of rotatable bonds is 7. The van der Waals surface area contributed by atoms with Crippen LogP contribution in [0.5, 0.6) is 11.5 Å². The Bertz CT molecular complexity index is 1110. The fourth-order valence-electron chi connectivity index (χ4n) is 4.57. The Morgan fingerprint density at radius 2 is 1.91 bits per heavy atom. The van der Waals surface area contributed by atoms with Crippen molar-refractivity contribution in [3.05, 3.63) is 53.3 Å². The molecule has 7 nitrogen and oxygen atoms in total. The maximum atomic E-state index is 11.3. The molecule has 1 aromatic heterocycles. The Labute approximate surface area is 188 Å². The molecule has 2 aromatic carbocycles. The Morgan fingerprint density at radius 1 is 1.16 bits per heavy atom. The van der Waals surface area contributed by atoms with Gasteiger partial charge >= 0.3 is 5.97 Å². The number of piperidine rings is 1. The molecule has 2 heterocycles. The number of aromatic nitrogens is 2. The van der Waals surface area contributed by atoms with Crippen molar-refractivity contribution in [2.24, 2.45) is 0 Å². The van der Waals surface area contributed by atoms with Crippen LogP contribution in [0.4, 0.5) is 0 Å². The summed E-state index contributed by atoms with van der Waals surface area (Å²) in [5.41, 5.74) is 3.25. The molecule has 0 atom stereocenters. The van der Waals surface area contributed by atoms with E-state index in [1.165, 1.54) is 5.56 Å². The van der Waals surface area contributed by atoms with E-state index >= 15 is 0 Å². The number of carboxylic acid groups (broad SMARTS) is 1. The molecule has 1 aliphatic heterocycles. The third-order valence-electron chi connectivity index (χ3n) is 6.03. The zero-order valence-corrected chi connectivity index (χ0v) is 19.2. The number of hydrogen-bond donors (Lipinski definition) is 1. The smallest absolute Gasteiger partial charge is 0.335 e. The van der Waals surface area contributed by atoms with Crippen LogP contribution >= 0.6 is 0 Å². The quantitative estimate of drug-likeness (QED) is 0.579. The summed E-state index contributed by atoms with van der Waals surface area (Å²) in [7, 11) is 1.66. The van der Waals surface area contributed by atoms with Crippen LogP contribution in [0.1, 0.15) is 54.5 Å². The molecule has 1 aliphatic rings. The van der Waals surface area contributed by atoms with Gasteiger partial charge in [0, 0.05) is 25.7 Å². The highest BCUT2D eigenvalue weighted by molar-refractivity contribution is 5.92. The predicted molar refractivity (Wildman–Crippen MR) is 124 cm³/mol. The number of hydrogen-bond acceptors (Lipinski definition) is 5. The van der Waals surface area contributed by atoms with Crippen molar-refractivity contribution in [2.45, 2.75) is 52.3 Å². The van der Waals surface area contributed by atoms with Gasteiger partial charge in [0.05, 0.1) is 29.8 Å². The lowest BCUT2D eigenvalue weighted by molar-refractivity contribution is 0.0697. The number of ether oxygens (including phenoxy) is 2. The van der Waals surface area contributed by atoms with Gasteiger partial charge in [-0.3, -0.25) is 4.90 Å². The van der Waals surface area contributed by atoms with Crippen molar-refractivity contribution in [2.75, 3.05) is 20.2 Å². The van der Waals surface area contributed by atoms with E-state index in [0.29, 0.717) is 6.04 Å². The van der Waals surface area contributed by atoms with E-state index in [2.05, 4.69) is 26.6 Å². The molecular weight excluding hydrogens is 406 g/mol. The van der Waals surface area contributed by atoms with Crippen LogP contribution in [0, 0.1) is 6.92 Å². The lowest BCUT2D eigenvalue weighted by atomic mass is 10.0. The van der Waals surface area contributed by atoms with Crippen LogP contribution in [0.25, 0.3) is 11.0 Å². The number of nitrogens with zero attached hydrogens (tertiary/aromatic N) is 3. The molecule has 3 aromatic rings. The third kappa shape index (κ3) is 4.58. The maximum absolute atomic E-state index is 11.3. The molecule has 32 heavy (non-hydrogen) atoms. The van der Waals surface area contributed by atoms with Crippen molar-refractivity contribution >= 4 is 17.0 Å². The largest absolute Gasteiger partial charge is 0.493 e. The third-order valence-corrected chi connectivity index (χ3v) is 6.03.